The second kappa shape index (κ2) is 8.16. The lowest BCUT2D eigenvalue weighted by molar-refractivity contribution is -0.141. The number of likely N-dealkylation sites (tertiary alicyclic amines) is 2. The molecular formula is C19H32N2O2. The molecule has 2 aliphatic heterocycles. The smallest absolute Gasteiger partial charge is 0.225 e. The van der Waals surface area contributed by atoms with Crippen LogP contribution in [-0.4, -0.2) is 47.8 Å². The maximum absolute atomic E-state index is 12.6. The molecule has 0 aromatic carbocycles. The van der Waals surface area contributed by atoms with Crippen molar-refractivity contribution in [2.24, 2.45) is 11.8 Å². The van der Waals surface area contributed by atoms with Gasteiger partial charge in [-0.15, -0.1) is 0 Å². The Bertz CT molecular complexity index is 404. The number of nitrogens with zero attached hydrogens (tertiary/aromatic N) is 2. The average molecular weight is 320 g/mol. The minimum absolute atomic E-state index is 0.159. The van der Waals surface area contributed by atoms with Crippen molar-refractivity contribution in [1.82, 2.24) is 9.80 Å². The first-order chi connectivity index (χ1) is 11.2. The van der Waals surface area contributed by atoms with Gasteiger partial charge in [-0.25, -0.2) is 0 Å². The first kappa shape index (κ1) is 16.8. The summed E-state index contributed by atoms with van der Waals surface area (Å²) in [4.78, 5) is 29.1. The maximum atomic E-state index is 12.6. The highest BCUT2D eigenvalue weighted by atomic mass is 16.2. The Morgan fingerprint density at radius 2 is 1.30 bits per heavy atom. The molecule has 1 saturated carbocycles. The number of hydrogen-bond acceptors (Lipinski definition) is 2. The molecule has 2 heterocycles. The van der Waals surface area contributed by atoms with Crippen LogP contribution in [0.2, 0.25) is 0 Å². The Labute approximate surface area is 140 Å². The minimum Gasteiger partial charge on any atom is -0.343 e. The fourth-order valence-electron chi connectivity index (χ4n) is 4.52. The summed E-state index contributed by atoms with van der Waals surface area (Å²) in [7, 11) is 0. The summed E-state index contributed by atoms with van der Waals surface area (Å²) in [6.07, 6.45) is 12.4. The molecular weight excluding hydrogens is 288 g/mol. The highest BCUT2D eigenvalue weighted by molar-refractivity contribution is 5.80. The van der Waals surface area contributed by atoms with Crippen molar-refractivity contribution in [3.8, 4) is 0 Å². The Morgan fingerprint density at radius 1 is 0.696 bits per heavy atom. The van der Waals surface area contributed by atoms with Gasteiger partial charge < -0.3 is 9.80 Å². The van der Waals surface area contributed by atoms with E-state index in [0.29, 0.717) is 17.7 Å². The zero-order valence-corrected chi connectivity index (χ0v) is 14.5. The van der Waals surface area contributed by atoms with Gasteiger partial charge in [-0.3, -0.25) is 9.59 Å². The van der Waals surface area contributed by atoms with Crippen LogP contribution in [0, 0.1) is 11.8 Å². The summed E-state index contributed by atoms with van der Waals surface area (Å²) in [5.74, 6) is 1.46. The van der Waals surface area contributed by atoms with Gasteiger partial charge in [-0.05, 0) is 50.9 Å². The van der Waals surface area contributed by atoms with E-state index in [2.05, 4.69) is 4.90 Å². The van der Waals surface area contributed by atoms with Gasteiger partial charge in [0.25, 0.3) is 0 Å². The van der Waals surface area contributed by atoms with Crippen molar-refractivity contribution in [2.75, 3.05) is 26.2 Å². The van der Waals surface area contributed by atoms with E-state index in [0.717, 1.165) is 58.3 Å². The topological polar surface area (TPSA) is 40.6 Å². The second-order valence-corrected chi connectivity index (χ2v) is 7.75. The molecule has 0 aromatic heterocycles. The van der Waals surface area contributed by atoms with E-state index < -0.39 is 0 Å². The van der Waals surface area contributed by atoms with Crippen LogP contribution < -0.4 is 0 Å². The molecule has 1 aliphatic carbocycles. The second-order valence-electron chi connectivity index (χ2n) is 7.75. The zero-order chi connectivity index (χ0) is 16.1. The first-order valence-corrected chi connectivity index (χ1v) is 9.80. The van der Waals surface area contributed by atoms with Crippen LogP contribution in [0.15, 0.2) is 0 Å². The molecule has 3 fully saturated rings. The Morgan fingerprint density at radius 3 is 1.96 bits per heavy atom. The Kier molecular flexibility index (Phi) is 5.96. The van der Waals surface area contributed by atoms with Gasteiger partial charge in [0.1, 0.15) is 0 Å². The summed E-state index contributed by atoms with van der Waals surface area (Å²) < 4.78 is 0. The molecule has 0 bridgehead atoms. The molecule has 0 atom stereocenters. The number of hydrogen-bond donors (Lipinski definition) is 0. The molecule has 23 heavy (non-hydrogen) atoms. The first-order valence-electron chi connectivity index (χ1n) is 9.80. The molecule has 0 N–H and O–H groups in total. The lowest BCUT2D eigenvalue weighted by Crippen LogP contribution is -2.46. The van der Waals surface area contributed by atoms with Gasteiger partial charge in [0.15, 0.2) is 0 Å². The predicted octanol–water partition coefficient (Wildman–Crippen LogP) is 3.21. The quantitative estimate of drug-likeness (QED) is 0.801. The van der Waals surface area contributed by atoms with Gasteiger partial charge in [0, 0.05) is 38.5 Å². The summed E-state index contributed by atoms with van der Waals surface area (Å²) in [5.41, 5.74) is 0. The van der Waals surface area contributed by atoms with Gasteiger partial charge >= 0.3 is 0 Å². The van der Waals surface area contributed by atoms with Gasteiger partial charge in [-0.1, -0.05) is 19.3 Å². The Hall–Kier alpha value is -1.06. The molecule has 3 rings (SSSR count). The third-order valence-electron chi connectivity index (χ3n) is 6.05. The zero-order valence-electron chi connectivity index (χ0n) is 14.5. The van der Waals surface area contributed by atoms with Crippen molar-refractivity contribution >= 4 is 11.8 Å². The molecule has 2 saturated heterocycles. The molecule has 3 aliphatic rings. The third kappa shape index (κ3) is 4.48. The third-order valence-corrected chi connectivity index (χ3v) is 6.05. The van der Waals surface area contributed by atoms with Gasteiger partial charge in [-0.2, -0.15) is 0 Å². The highest BCUT2D eigenvalue weighted by Crippen LogP contribution is 2.28. The molecule has 0 spiro atoms. The average Bonchev–Trinajstić information content (AvgIpc) is 2.63. The van der Waals surface area contributed by atoms with Crippen LogP contribution in [0.4, 0.5) is 0 Å². The monoisotopic (exact) mass is 320 g/mol. The lowest BCUT2D eigenvalue weighted by atomic mass is 9.86. The molecule has 4 heteroatoms. The SMILES string of the molecule is O=C(CC1CCCCC1)N1CCC(C(=O)N2CCCCC2)CC1. The lowest BCUT2D eigenvalue weighted by Gasteiger charge is -2.36. The number of carbonyl (C=O) groups excluding carboxylic acids is 2. The largest absolute Gasteiger partial charge is 0.343 e. The highest BCUT2D eigenvalue weighted by Gasteiger charge is 2.31. The fourth-order valence-corrected chi connectivity index (χ4v) is 4.52. The standard InChI is InChI=1S/C19H32N2O2/c22-18(15-16-7-3-1-4-8-16)20-13-9-17(10-14-20)19(23)21-11-5-2-6-12-21/h16-17H,1-15H2. The van der Waals surface area contributed by atoms with Crippen molar-refractivity contribution in [3.05, 3.63) is 0 Å². The summed E-state index contributed by atoms with van der Waals surface area (Å²) in [6, 6.07) is 0. The van der Waals surface area contributed by atoms with Crippen LogP contribution in [-0.2, 0) is 9.59 Å². The molecule has 130 valence electrons. The van der Waals surface area contributed by atoms with E-state index >= 15 is 0 Å². The van der Waals surface area contributed by atoms with Gasteiger partial charge in [0.05, 0.1) is 0 Å². The molecule has 0 aromatic rings. The summed E-state index contributed by atoms with van der Waals surface area (Å²) in [6.45, 7) is 3.46. The van der Waals surface area contributed by atoms with Crippen LogP contribution in [0.3, 0.4) is 0 Å². The molecule has 4 nitrogen and oxygen atoms in total. The van der Waals surface area contributed by atoms with E-state index in [1.807, 2.05) is 4.90 Å². The maximum Gasteiger partial charge on any atom is 0.225 e. The van der Waals surface area contributed by atoms with E-state index in [1.54, 1.807) is 0 Å². The predicted molar refractivity (Wildman–Crippen MR) is 90.9 cm³/mol. The molecule has 2 amide bonds. The van der Waals surface area contributed by atoms with Gasteiger partial charge in [0.2, 0.25) is 11.8 Å². The van der Waals surface area contributed by atoms with E-state index in [9.17, 15) is 9.59 Å². The number of carbonyl (C=O) groups is 2. The molecule has 0 radical (unpaired) electrons. The normalized spacial score (nSPS) is 24.7. The van der Waals surface area contributed by atoms with E-state index in [1.165, 1.54) is 38.5 Å². The number of piperidine rings is 2. The Balaban J connectivity index is 1.42. The minimum atomic E-state index is 0.159. The van der Waals surface area contributed by atoms with Crippen molar-refractivity contribution in [1.29, 1.82) is 0 Å². The van der Waals surface area contributed by atoms with Crippen molar-refractivity contribution in [3.63, 3.8) is 0 Å². The number of amides is 2. The fraction of sp³-hybridized carbons (Fsp3) is 0.895. The van der Waals surface area contributed by atoms with E-state index in [-0.39, 0.29) is 5.92 Å². The van der Waals surface area contributed by atoms with Crippen molar-refractivity contribution in [2.45, 2.75) is 70.6 Å². The van der Waals surface area contributed by atoms with Crippen LogP contribution in [0.1, 0.15) is 70.6 Å². The summed E-state index contributed by atoms with van der Waals surface area (Å²) >= 11 is 0. The summed E-state index contributed by atoms with van der Waals surface area (Å²) in [5, 5.41) is 0. The van der Waals surface area contributed by atoms with Crippen LogP contribution in [0.25, 0.3) is 0 Å². The van der Waals surface area contributed by atoms with Crippen molar-refractivity contribution < 1.29 is 9.59 Å². The van der Waals surface area contributed by atoms with Crippen LogP contribution in [0.5, 0.6) is 0 Å². The number of rotatable bonds is 3. The molecule has 0 unspecified atom stereocenters. The van der Waals surface area contributed by atoms with Crippen LogP contribution >= 0.6 is 0 Å². The van der Waals surface area contributed by atoms with E-state index in [4.69, 9.17) is 0 Å².